The van der Waals surface area contributed by atoms with Crippen molar-refractivity contribution in [1.82, 2.24) is 4.83 Å². The number of sulfonamides is 1. The van der Waals surface area contributed by atoms with Gasteiger partial charge in [0.25, 0.3) is 15.7 Å². The Hall–Kier alpha value is -3.14. The maximum absolute atomic E-state index is 12.3. The van der Waals surface area contributed by atoms with Crippen LogP contribution in [0.5, 0.6) is 11.5 Å². The summed E-state index contributed by atoms with van der Waals surface area (Å²) in [5.74, 6) is -1.11. The lowest BCUT2D eigenvalue weighted by Crippen LogP contribution is -2.19. The molecule has 0 unspecified atom stereocenters. The summed E-state index contributed by atoms with van der Waals surface area (Å²) in [6.07, 6.45) is 1.05. The predicted octanol–water partition coefficient (Wildman–Crippen LogP) is 1.61. The number of nitrogens with zero attached hydrogens (tertiary/aromatic N) is 2. The molecule has 0 aliphatic carbocycles. The zero-order valence-electron chi connectivity index (χ0n) is 14.2. The highest BCUT2D eigenvalue weighted by Gasteiger charge is 2.16. The van der Waals surface area contributed by atoms with E-state index in [0.29, 0.717) is 5.56 Å². The van der Waals surface area contributed by atoms with Crippen LogP contribution in [0, 0.1) is 24.0 Å². The van der Waals surface area contributed by atoms with Crippen LogP contribution in [0.1, 0.15) is 16.7 Å². The Morgan fingerprint density at radius 3 is 2.54 bits per heavy atom. The molecular formula is C16H16N3O6S-. The molecule has 0 heterocycles. The molecule has 2 aromatic rings. The number of methoxy groups -OCH3 is 1. The molecule has 0 aliphatic heterocycles. The standard InChI is InChI=1S/C16H17N3O6S/c1-10-4-5-11(2)15(6-10)26(23,24)18-17-9-12-7-13(19(21)22)16(20)14(8-12)25-3/h4-9,18,20H,1-3H3/p-1/b17-9-. The molecule has 0 amide bonds. The highest BCUT2D eigenvalue weighted by Crippen LogP contribution is 2.33. The van der Waals surface area contributed by atoms with Crippen molar-refractivity contribution in [2.45, 2.75) is 18.7 Å². The number of nitro benzene ring substituents is 1. The van der Waals surface area contributed by atoms with Crippen LogP contribution >= 0.6 is 0 Å². The molecule has 0 aromatic heterocycles. The monoisotopic (exact) mass is 378 g/mol. The molecule has 138 valence electrons. The van der Waals surface area contributed by atoms with E-state index in [0.717, 1.165) is 17.8 Å². The van der Waals surface area contributed by atoms with Crippen molar-refractivity contribution in [1.29, 1.82) is 0 Å². The summed E-state index contributed by atoms with van der Waals surface area (Å²) in [6, 6.07) is 7.18. The van der Waals surface area contributed by atoms with Crippen LogP contribution in [0.25, 0.3) is 0 Å². The first-order valence-corrected chi connectivity index (χ1v) is 8.79. The van der Waals surface area contributed by atoms with Gasteiger partial charge >= 0.3 is 0 Å². The van der Waals surface area contributed by atoms with E-state index in [1.165, 1.54) is 19.2 Å². The summed E-state index contributed by atoms with van der Waals surface area (Å²) in [4.78, 5) is 12.2. The summed E-state index contributed by atoms with van der Waals surface area (Å²) in [6.45, 7) is 3.41. The molecule has 26 heavy (non-hydrogen) atoms. The van der Waals surface area contributed by atoms with Gasteiger partial charge in [-0.1, -0.05) is 12.1 Å². The van der Waals surface area contributed by atoms with E-state index < -0.39 is 26.4 Å². The van der Waals surface area contributed by atoms with E-state index in [2.05, 4.69) is 5.10 Å². The number of nitro groups is 1. The number of rotatable bonds is 6. The Balaban J connectivity index is 2.32. The summed E-state index contributed by atoms with van der Waals surface area (Å²) in [7, 11) is -2.71. The van der Waals surface area contributed by atoms with Crippen LogP contribution in [0.15, 0.2) is 40.3 Å². The van der Waals surface area contributed by atoms with E-state index in [1.54, 1.807) is 26.0 Å². The fraction of sp³-hybridized carbons (Fsp3) is 0.188. The number of benzene rings is 2. The van der Waals surface area contributed by atoms with Gasteiger partial charge in [0.05, 0.1) is 23.1 Å². The van der Waals surface area contributed by atoms with Crippen molar-refractivity contribution in [3.63, 3.8) is 0 Å². The van der Waals surface area contributed by atoms with Crippen LogP contribution < -0.4 is 14.7 Å². The number of nitrogens with one attached hydrogen (secondary N) is 1. The quantitative estimate of drug-likeness (QED) is 0.461. The average Bonchev–Trinajstić information content (AvgIpc) is 2.57. The summed E-state index contributed by atoms with van der Waals surface area (Å²) in [5.41, 5.74) is 0.762. The van der Waals surface area contributed by atoms with Gasteiger partial charge in [-0.25, -0.2) is 4.83 Å². The minimum Gasteiger partial charge on any atom is -0.865 e. The Morgan fingerprint density at radius 2 is 1.92 bits per heavy atom. The van der Waals surface area contributed by atoms with Crippen molar-refractivity contribution in [3.05, 3.63) is 57.1 Å². The topological polar surface area (TPSA) is 134 Å². The first-order chi connectivity index (χ1) is 12.2. The van der Waals surface area contributed by atoms with Gasteiger partial charge in [-0.05, 0) is 37.1 Å². The number of hydrazone groups is 1. The van der Waals surface area contributed by atoms with E-state index in [1.807, 2.05) is 4.83 Å². The highest BCUT2D eigenvalue weighted by molar-refractivity contribution is 7.89. The molecule has 0 atom stereocenters. The SMILES string of the molecule is COc1cc(/C=N\NS(=O)(=O)c2cc(C)ccc2C)cc([N+](=O)[O-])c1[O-]. The maximum atomic E-state index is 12.3. The first kappa shape index (κ1) is 19.2. The normalized spacial score (nSPS) is 11.5. The van der Waals surface area contributed by atoms with Crippen LogP contribution in [0.4, 0.5) is 5.69 Å². The molecule has 2 rings (SSSR count). The summed E-state index contributed by atoms with van der Waals surface area (Å²) < 4.78 is 29.5. The van der Waals surface area contributed by atoms with Crippen molar-refractivity contribution in [2.24, 2.45) is 5.10 Å². The Labute approximate surface area is 150 Å². The van der Waals surface area contributed by atoms with Crippen molar-refractivity contribution >= 4 is 21.9 Å². The lowest BCUT2D eigenvalue weighted by molar-refractivity contribution is -0.398. The lowest BCUT2D eigenvalue weighted by atomic mass is 10.2. The molecule has 9 nitrogen and oxygen atoms in total. The van der Waals surface area contributed by atoms with Gasteiger partial charge < -0.3 is 9.84 Å². The highest BCUT2D eigenvalue weighted by atomic mass is 32.2. The van der Waals surface area contributed by atoms with Crippen molar-refractivity contribution in [2.75, 3.05) is 7.11 Å². The van der Waals surface area contributed by atoms with E-state index in [4.69, 9.17) is 4.74 Å². The third-order valence-electron chi connectivity index (χ3n) is 3.49. The van der Waals surface area contributed by atoms with Gasteiger partial charge in [0.15, 0.2) is 0 Å². The third-order valence-corrected chi connectivity index (χ3v) is 4.86. The summed E-state index contributed by atoms with van der Waals surface area (Å²) >= 11 is 0. The van der Waals surface area contributed by atoms with Gasteiger partial charge in [0.2, 0.25) is 0 Å². The van der Waals surface area contributed by atoms with Gasteiger partial charge in [-0.3, -0.25) is 10.1 Å². The number of hydrogen-bond donors (Lipinski definition) is 1. The molecule has 2 aromatic carbocycles. The zero-order chi connectivity index (χ0) is 19.5. The third kappa shape index (κ3) is 4.09. The lowest BCUT2D eigenvalue weighted by Gasteiger charge is -2.13. The van der Waals surface area contributed by atoms with Gasteiger partial charge in [-0.2, -0.15) is 13.5 Å². The van der Waals surface area contributed by atoms with Crippen LogP contribution in [0.3, 0.4) is 0 Å². The summed E-state index contributed by atoms with van der Waals surface area (Å²) in [5, 5.41) is 26.3. The molecular weight excluding hydrogens is 362 g/mol. The van der Waals surface area contributed by atoms with E-state index >= 15 is 0 Å². The molecule has 0 bridgehead atoms. The second-order valence-electron chi connectivity index (χ2n) is 5.45. The largest absolute Gasteiger partial charge is 0.865 e. The molecule has 0 saturated carbocycles. The number of hydrogen-bond acceptors (Lipinski definition) is 7. The first-order valence-electron chi connectivity index (χ1n) is 7.31. The Bertz CT molecular complexity index is 986. The molecule has 1 N–H and O–H groups in total. The van der Waals surface area contributed by atoms with Crippen molar-refractivity contribution in [3.8, 4) is 11.5 Å². The second kappa shape index (κ2) is 7.40. The van der Waals surface area contributed by atoms with Crippen LogP contribution in [0.2, 0.25) is 0 Å². The zero-order valence-corrected chi connectivity index (χ0v) is 15.0. The second-order valence-corrected chi connectivity index (χ2v) is 7.08. The van der Waals surface area contributed by atoms with Crippen molar-refractivity contribution < 1.29 is 23.2 Å². The predicted molar refractivity (Wildman–Crippen MR) is 92.9 cm³/mol. The van der Waals surface area contributed by atoms with Crippen LogP contribution in [-0.4, -0.2) is 26.7 Å². The fourth-order valence-electron chi connectivity index (χ4n) is 2.19. The van der Waals surface area contributed by atoms with E-state index in [-0.39, 0.29) is 16.2 Å². The van der Waals surface area contributed by atoms with Gasteiger partial charge in [0, 0.05) is 17.4 Å². The number of ether oxygens (including phenoxy) is 1. The van der Waals surface area contributed by atoms with Gasteiger partial charge in [0.1, 0.15) is 5.75 Å². The molecule has 0 fully saturated rings. The van der Waals surface area contributed by atoms with Gasteiger partial charge in [-0.15, -0.1) is 0 Å². The molecule has 0 saturated heterocycles. The molecule has 0 aliphatic rings. The molecule has 0 spiro atoms. The molecule has 0 radical (unpaired) electrons. The average molecular weight is 378 g/mol. The Kier molecular flexibility index (Phi) is 5.46. The smallest absolute Gasteiger partial charge is 0.276 e. The minimum absolute atomic E-state index is 0.0770. The van der Waals surface area contributed by atoms with E-state index in [9.17, 15) is 23.6 Å². The maximum Gasteiger partial charge on any atom is 0.276 e. The fourth-order valence-corrected chi connectivity index (χ4v) is 3.31. The number of aryl methyl sites for hydroxylation is 2. The Morgan fingerprint density at radius 1 is 1.23 bits per heavy atom. The molecule has 10 heteroatoms. The minimum atomic E-state index is -3.91. The van der Waals surface area contributed by atoms with Crippen LogP contribution in [-0.2, 0) is 10.0 Å².